The van der Waals surface area contributed by atoms with Gasteiger partial charge in [0.05, 0.1) is 24.1 Å². The van der Waals surface area contributed by atoms with Gasteiger partial charge in [0.2, 0.25) is 15.9 Å². The Morgan fingerprint density at radius 2 is 1.74 bits per heavy atom. The minimum Gasteiger partial charge on any atom is -0.497 e. The lowest BCUT2D eigenvalue weighted by Crippen LogP contribution is -2.44. The quantitative estimate of drug-likeness (QED) is 0.510. The summed E-state index contributed by atoms with van der Waals surface area (Å²) >= 11 is 1.39. The number of benzene rings is 2. The number of imide groups is 1. The van der Waals surface area contributed by atoms with E-state index in [0.29, 0.717) is 11.4 Å². The van der Waals surface area contributed by atoms with Crippen molar-refractivity contribution in [3.05, 3.63) is 77.0 Å². The molecule has 9 heteroatoms. The zero-order chi connectivity index (χ0) is 22.0. The van der Waals surface area contributed by atoms with Crippen LogP contribution in [0.15, 0.2) is 77.0 Å². The number of anilines is 1. The number of hydrogen-bond acceptors (Lipinski definition) is 6. The van der Waals surface area contributed by atoms with E-state index in [0.717, 1.165) is 14.1 Å². The summed E-state index contributed by atoms with van der Waals surface area (Å²) in [5, 5.41) is 1.84. The van der Waals surface area contributed by atoms with Gasteiger partial charge in [-0.05, 0) is 47.8 Å². The molecule has 0 radical (unpaired) electrons. The first-order chi connectivity index (χ1) is 14.9. The maximum Gasteiger partial charge on any atom is 0.252 e. The van der Waals surface area contributed by atoms with Crippen molar-refractivity contribution in [3.63, 3.8) is 0 Å². The molecule has 0 N–H and O–H groups in total. The summed E-state index contributed by atoms with van der Waals surface area (Å²) in [7, 11) is -2.57. The lowest BCUT2D eigenvalue weighted by atomic mass is 10.2. The summed E-state index contributed by atoms with van der Waals surface area (Å²) in [6.07, 6.45) is -0.214. The molecular weight excluding hydrogens is 436 g/mol. The Morgan fingerprint density at radius 3 is 2.35 bits per heavy atom. The number of rotatable bonds is 7. The van der Waals surface area contributed by atoms with Crippen molar-refractivity contribution in [2.24, 2.45) is 0 Å². The number of nitrogens with zero attached hydrogens (tertiary/aromatic N) is 2. The molecule has 31 heavy (non-hydrogen) atoms. The first kappa shape index (κ1) is 21.2. The predicted molar refractivity (Wildman–Crippen MR) is 117 cm³/mol. The summed E-state index contributed by atoms with van der Waals surface area (Å²) in [6.45, 7) is -0.00164. The zero-order valence-corrected chi connectivity index (χ0v) is 18.3. The third kappa shape index (κ3) is 4.12. The predicted octanol–water partition coefficient (Wildman–Crippen LogP) is 3.28. The van der Waals surface area contributed by atoms with Gasteiger partial charge in [0.15, 0.2) is 0 Å². The number of sulfonamides is 1. The van der Waals surface area contributed by atoms with Crippen molar-refractivity contribution in [1.82, 2.24) is 4.31 Å². The average molecular weight is 457 g/mol. The van der Waals surface area contributed by atoms with Crippen LogP contribution in [0.4, 0.5) is 5.69 Å². The lowest BCUT2D eigenvalue weighted by molar-refractivity contribution is -0.122. The molecule has 4 rings (SSSR count). The van der Waals surface area contributed by atoms with Gasteiger partial charge in [0.25, 0.3) is 5.91 Å². The van der Waals surface area contributed by atoms with Crippen molar-refractivity contribution < 1.29 is 22.7 Å². The molecule has 1 atom stereocenters. The molecule has 3 aromatic rings. The van der Waals surface area contributed by atoms with Crippen LogP contribution in [-0.4, -0.2) is 37.7 Å². The van der Waals surface area contributed by atoms with Crippen LogP contribution < -0.4 is 9.64 Å². The highest BCUT2D eigenvalue weighted by Crippen LogP contribution is 2.31. The first-order valence-electron chi connectivity index (χ1n) is 9.52. The Labute approximate surface area is 184 Å². The monoisotopic (exact) mass is 456 g/mol. The van der Waals surface area contributed by atoms with Crippen molar-refractivity contribution >= 4 is 38.9 Å². The van der Waals surface area contributed by atoms with Gasteiger partial charge in [-0.3, -0.25) is 9.59 Å². The van der Waals surface area contributed by atoms with Gasteiger partial charge >= 0.3 is 0 Å². The second-order valence-electron chi connectivity index (χ2n) is 6.93. The Bertz CT molecular complexity index is 1180. The largest absolute Gasteiger partial charge is 0.497 e. The molecule has 1 aliphatic heterocycles. The van der Waals surface area contributed by atoms with Crippen LogP contribution in [-0.2, 0) is 26.2 Å². The second kappa shape index (κ2) is 8.62. The van der Waals surface area contributed by atoms with Gasteiger partial charge in [0.1, 0.15) is 11.8 Å². The van der Waals surface area contributed by atoms with Gasteiger partial charge in [-0.25, -0.2) is 13.3 Å². The van der Waals surface area contributed by atoms with Crippen LogP contribution in [0.5, 0.6) is 5.75 Å². The smallest absolute Gasteiger partial charge is 0.252 e. The van der Waals surface area contributed by atoms with Crippen LogP contribution >= 0.6 is 11.3 Å². The second-order valence-corrected chi connectivity index (χ2v) is 9.85. The molecule has 2 aromatic carbocycles. The Balaban J connectivity index is 1.73. The third-order valence-corrected chi connectivity index (χ3v) is 7.77. The van der Waals surface area contributed by atoms with E-state index < -0.39 is 27.9 Å². The molecule has 7 nitrogen and oxygen atoms in total. The lowest BCUT2D eigenvalue weighted by Gasteiger charge is -2.26. The summed E-state index contributed by atoms with van der Waals surface area (Å²) in [5.74, 6) is -0.460. The summed E-state index contributed by atoms with van der Waals surface area (Å²) in [6, 6.07) is 17.0. The van der Waals surface area contributed by atoms with E-state index >= 15 is 0 Å². The van der Waals surface area contributed by atoms with Gasteiger partial charge < -0.3 is 4.74 Å². The molecule has 1 unspecified atom stereocenters. The molecule has 1 aromatic heterocycles. The van der Waals surface area contributed by atoms with Crippen molar-refractivity contribution in [2.45, 2.75) is 23.9 Å². The maximum absolute atomic E-state index is 13.5. The van der Waals surface area contributed by atoms with Crippen molar-refractivity contribution in [3.8, 4) is 5.75 Å². The van der Waals surface area contributed by atoms with Crippen LogP contribution in [0.2, 0.25) is 0 Å². The van der Waals surface area contributed by atoms with E-state index in [1.54, 1.807) is 48.5 Å². The fourth-order valence-electron chi connectivity index (χ4n) is 3.49. The van der Waals surface area contributed by atoms with Crippen LogP contribution in [0.1, 0.15) is 11.3 Å². The van der Waals surface area contributed by atoms with Crippen LogP contribution in [0, 0.1) is 0 Å². The number of para-hydroxylation sites is 1. The fourth-order valence-corrected chi connectivity index (χ4v) is 5.84. The number of amides is 2. The Hall–Kier alpha value is -3.01. The van der Waals surface area contributed by atoms with E-state index in [1.165, 1.54) is 30.6 Å². The van der Waals surface area contributed by atoms with E-state index in [9.17, 15) is 18.0 Å². The Morgan fingerprint density at radius 1 is 1.03 bits per heavy atom. The highest BCUT2D eigenvalue weighted by Gasteiger charge is 2.47. The standard InChI is InChI=1S/C22H20N2O5S2/c1-29-17-9-11-19(12-10-17)31(27,28)23(15-18-8-5-13-30-18)20-14-21(25)24(22(20)26)16-6-3-2-4-7-16/h2-13,20H,14-15H2,1H3. The molecule has 0 saturated carbocycles. The molecule has 2 heterocycles. The number of methoxy groups -OCH3 is 1. The molecule has 0 bridgehead atoms. The Kier molecular flexibility index (Phi) is 5.90. The minimum atomic E-state index is -4.06. The van der Waals surface area contributed by atoms with Gasteiger partial charge in [-0.15, -0.1) is 11.3 Å². The highest BCUT2D eigenvalue weighted by atomic mass is 32.2. The summed E-state index contributed by atoms with van der Waals surface area (Å²) < 4.78 is 33.3. The summed E-state index contributed by atoms with van der Waals surface area (Å²) in [4.78, 5) is 27.8. The maximum atomic E-state index is 13.5. The minimum absolute atomic E-state index is 0.00164. The molecule has 1 fully saturated rings. The number of thiophene rings is 1. The normalized spacial score (nSPS) is 16.8. The number of hydrogen-bond donors (Lipinski definition) is 0. The zero-order valence-electron chi connectivity index (χ0n) is 16.7. The van der Waals surface area contributed by atoms with Crippen molar-refractivity contribution in [1.29, 1.82) is 0 Å². The number of carbonyl (C=O) groups is 2. The van der Waals surface area contributed by atoms with Crippen molar-refractivity contribution in [2.75, 3.05) is 12.0 Å². The average Bonchev–Trinajstić information content (AvgIpc) is 3.40. The topological polar surface area (TPSA) is 84.0 Å². The van der Waals surface area contributed by atoms with E-state index in [4.69, 9.17) is 4.74 Å². The van der Waals surface area contributed by atoms with E-state index in [2.05, 4.69) is 0 Å². The van der Waals surface area contributed by atoms with Gasteiger partial charge in [0, 0.05) is 11.4 Å². The molecule has 2 amide bonds. The summed E-state index contributed by atoms with van der Waals surface area (Å²) in [5.41, 5.74) is 0.429. The molecule has 160 valence electrons. The van der Waals surface area contributed by atoms with Gasteiger partial charge in [-0.1, -0.05) is 24.3 Å². The first-order valence-corrected chi connectivity index (χ1v) is 11.8. The number of ether oxygens (including phenoxy) is 1. The fraction of sp³-hybridized carbons (Fsp3) is 0.182. The molecular formula is C22H20N2O5S2. The third-order valence-electron chi connectivity index (χ3n) is 5.04. The van der Waals surface area contributed by atoms with E-state index in [1.807, 2.05) is 11.4 Å². The molecule has 1 aliphatic rings. The number of carbonyl (C=O) groups excluding carboxylic acids is 2. The highest BCUT2D eigenvalue weighted by molar-refractivity contribution is 7.89. The molecule has 0 spiro atoms. The molecule has 1 saturated heterocycles. The van der Waals surface area contributed by atoms with Crippen LogP contribution in [0.25, 0.3) is 0 Å². The van der Waals surface area contributed by atoms with Gasteiger partial charge in [-0.2, -0.15) is 4.31 Å². The van der Waals surface area contributed by atoms with Crippen LogP contribution in [0.3, 0.4) is 0 Å². The SMILES string of the molecule is COc1ccc(S(=O)(=O)N(Cc2cccs2)C2CC(=O)N(c3ccccc3)C2=O)cc1. The van der Waals surface area contributed by atoms with E-state index in [-0.39, 0.29) is 17.9 Å². The molecule has 0 aliphatic carbocycles.